The van der Waals surface area contributed by atoms with Gasteiger partial charge in [0.15, 0.2) is 0 Å². The molecule has 100 valence electrons. The third kappa shape index (κ3) is 2.44. The van der Waals surface area contributed by atoms with Crippen molar-refractivity contribution in [3.63, 3.8) is 0 Å². The zero-order valence-corrected chi connectivity index (χ0v) is 11.9. The van der Waals surface area contributed by atoms with Gasteiger partial charge in [0.2, 0.25) is 0 Å². The van der Waals surface area contributed by atoms with Gasteiger partial charge < -0.3 is 0 Å². The molecule has 0 atom stereocenters. The summed E-state index contributed by atoms with van der Waals surface area (Å²) in [5.74, 6) is 0. The Morgan fingerprint density at radius 1 is 0.778 bits per heavy atom. The molecule has 0 spiro atoms. The molecular formula is C16H24ClN. The van der Waals surface area contributed by atoms with Gasteiger partial charge in [0.05, 0.1) is 0 Å². The van der Waals surface area contributed by atoms with Gasteiger partial charge >= 0.3 is 0 Å². The fourth-order valence-electron chi connectivity index (χ4n) is 3.82. The summed E-state index contributed by atoms with van der Waals surface area (Å²) < 4.78 is 0. The lowest BCUT2D eigenvalue weighted by Gasteiger charge is -2.44. The topological polar surface area (TPSA) is 3.24 Å². The smallest absolute Gasteiger partial charge is 0.0460 e. The zero-order valence-electron chi connectivity index (χ0n) is 11.1. The van der Waals surface area contributed by atoms with Crippen LogP contribution >= 0.6 is 12.4 Å². The highest BCUT2D eigenvalue weighted by molar-refractivity contribution is 5.85. The molecule has 3 rings (SSSR count). The number of hydrogen-bond donors (Lipinski definition) is 0. The van der Waals surface area contributed by atoms with E-state index in [2.05, 4.69) is 35.2 Å². The minimum Gasteiger partial charge on any atom is -0.294 e. The second-order valence-corrected chi connectivity index (χ2v) is 5.65. The van der Waals surface area contributed by atoms with Crippen LogP contribution in [0.15, 0.2) is 30.3 Å². The van der Waals surface area contributed by atoms with E-state index in [-0.39, 0.29) is 12.4 Å². The molecule has 0 radical (unpaired) electrons. The highest BCUT2D eigenvalue weighted by Crippen LogP contribution is 2.44. The van der Waals surface area contributed by atoms with Crippen molar-refractivity contribution in [2.45, 2.75) is 50.5 Å². The van der Waals surface area contributed by atoms with Gasteiger partial charge in [-0.1, -0.05) is 49.6 Å². The highest BCUT2D eigenvalue weighted by Gasteiger charge is 2.40. The lowest BCUT2D eigenvalue weighted by molar-refractivity contribution is 0.0684. The summed E-state index contributed by atoms with van der Waals surface area (Å²) in [6.45, 7) is 2.63. The van der Waals surface area contributed by atoms with Gasteiger partial charge in [0.25, 0.3) is 0 Å². The first-order valence-corrected chi connectivity index (χ1v) is 7.22. The van der Waals surface area contributed by atoms with Crippen molar-refractivity contribution in [3.05, 3.63) is 35.9 Å². The van der Waals surface area contributed by atoms with Crippen LogP contribution in [0.4, 0.5) is 0 Å². The molecule has 2 aliphatic rings. The first-order chi connectivity index (χ1) is 8.42. The molecule has 1 saturated carbocycles. The maximum Gasteiger partial charge on any atom is 0.0460 e. The maximum absolute atomic E-state index is 2.79. The van der Waals surface area contributed by atoms with Crippen LogP contribution in [-0.2, 0) is 5.54 Å². The summed E-state index contributed by atoms with van der Waals surface area (Å²) in [4.78, 5) is 2.79. The van der Waals surface area contributed by atoms with E-state index in [1.54, 1.807) is 5.56 Å². The average molecular weight is 266 g/mol. The standard InChI is InChI=1S/C16H23N.ClH/c1-3-9-15(10-4-1)16(11-5-6-12-16)17-13-7-2-8-14-17;/h1,3-4,9-10H,2,5-8,11-14H2;1H. The zero-order chi connectivity index (χ0) is 11.6. The van der Waals surface area contributed by atoms with Crippen molar-refractivity contribution in [3.8, 4) is 0 Å². The Hall–Kier alpha value is -0.530. The van der Waals surface area contributed by atoms with Crippen molar-refractivity contribution < 1.29 is 0 Å². The van der Waals surface area contributed by atoms with E-state index in [4.69, 9.17) is 0 Å². The van der Waals surface area contributed by atoms with Gasteiger partial charge in [-0.15, -0.1) is 12.4 Å². The second-order valence-electron chi connectivity index (χ2n) is 5.65. The Morgan fingerprint density at radius 3 is 2.00 bits per heavy atom. The van der Waals surface area contributed by atoms with Crippen LogP contribution in [-0.4, -0.2) is 18.0 Å². The maximum atomic E-state index is 2.79. The number of rotatable bonds is 2. The summed E-state index contributed by atoms with van der Waals surface area (Å²) in [7, 11) is 0. The third-order valence-electron chi connectivity index (χ3n) is 4.70. The summed E-state index contributed by atoms with van der Waals surface area (Å²) in [5, 5.41) is 0. The Bertz CT molecular complexity index is 351. The molecule has 1 saturated heterocycles. The summed E-state index contributed by atoms with van der Waals surface area (Å²) >= 11 is 0. The van der Waals surface area contributed by atoms with Crippen molar-refractivity contribution >= 4 is 12.4 Å². The summed E-state index contributed by atoms with van der Waals surface area (Å²) in [6, 6.07) is 11.3. The first-order valence-electron chi connectivity index (χ1n) is 7.22. The van der Waals surface area contributed by atoms with Gasteiger partial charge in [-0.3, -0.25) is 4.90 Å². The van der Waals surface area contributed by atoms with E-state index in [1.807, 2.05) is 0 Å². The van der Waals surface area contributed by atoms with Crippen LogP contribution < -0.4 is 0 Å². The molecule has 0 N–H and O–H groups in total. The molecular weight excluding hydrogens is 242 g/mol. The molecule has 0 bridgehead atoms. The van der Waals surface area contributed by atoms with E-state index >= 15 is 0 Å². The molecule has 0 aromatic heterocycles. The fourth-order valence-corrected chi connectivity index (χ4v) is 3.82. The quantitative estimate of drug-likeness (QED) is 0.768. The molecule has 18 heavy (non-hydrogen) atoms. The minimum atomic E-state index is 0. The Morgan fingerprint density at radius 2 is 1.39 bits per heavy atom. The van der Waals surface area contributed by atoms with Gasteiger partial charge in [-0.05, 0) is 44.3 Å². The van der Waals surface area contributed by atoms with Crippen LogP contribution in [0.25, 0.3) is 0 Å². The normalized spacial score (nSPS) is 23.6. The van der Waals surface area contributed by atoms with E-state index in [0.717, 1.165) is 0 Å². The summed E-state index contributed by atoms with van der Waals surface area (Å²) in [6.07, 6.45) is 9.79. The minimum absolute atomic E-state index is 0. The molecule has 1 nitrogen and oxygen atoms in total. The predicted octanol–water partition coefficient (Wildman–Crippen LogP) is 4.36. The van der Waals surface area contributed by atoms with E-state index < -0.39 is 0 Å². The van der Waals surface area contributed by atoms with Crippen molar-refractivity contribution in [2.24, 2.45) is 0 Å². The third-order valence-corrected chi connectivity index (χ3v) is 4.70. The van der Waals surface area contributed by atoms with E-state index in [9.17, 15) is 0 Å². The van der Waals surface area contributed by atoms with Crippen LogP contribution in [0.2, 0.25) is 0 Å². The highest BCUT2D eigenvalue weighted by atomic mass is 35.5. The van der Waals surface area contributed by atoms with Gasteiger partial charge in [-0.25, -0.2) is 0 Å². The number of benzene rings is 1. The lowest BCUT2D eigenvalue weighted by atomic mass is 9.85. The van der Waals surface area contributed by atoms with E-state index in [1.165, 1.54) is 58.0 Å². The number of likely N-dealkylation sites (tertiary alicyclic amines) is 1. The van der Waals surface area contributed by atoms with Crippen LogP contribution in [0.1, 0.15) is 50.5 Å². The van der Waals surface area contributed by atoms with Crippen LogP contribution in [0, 0.1) is 0 Å². The van der Waals surface area contributed by atoms with Gasteiger partial charge in [-0.2, -0.15) is 0 Å². The van der Waals surface area contributed by atoms with Crippen molar-refractivity contribution in [1.82, 2.24) is 4.90 Å². The lowest BCUT2D eigenvalue weighted by Crippen LogP contribution is -2.46. The average Bonchev–Trinajstić information content (AvgIpc) is 2.91. The van der Waals surface area contributed by atoms with Crippen LogP contribution in [0.3, 0.4) is 0 Å². The predicted molar refractivity (Wildman–Crippen MR) is 79.3 cm³/mol. The molecule has 0 amide bonds. The number of halogens is 1. The molecule has 1 aromatic carbocycles. The Kier molecular flexibility index (Phi) is 4.69. The molecule has 1 aliphatic heterocycles. The molecule has 1 aromatic rings. The Labute approximate surface area is 117 Å². The Balaban J connectivity index is 0.00000120. The molecule has 2 heteroatoms. The monoisotopic (exact) mass is 265 g/mol. The summed E-state index contributed by atoms with van der Waals surface area (Å²) in [5.41, 5.74) is 1.96. The first kappa shape index (κ1) is 13.9. The fraction of sp³-hybridized carbons (Fsp3) is 0.625. The number of piperidine rings is 1. The second kappa shape index (κ2) is 6.08. The molecule has 2 fully saturated rings. The van der Waals surface area contributed by atoms with Crippen molar-refractivity contribution in [2.75, 3.05) is 13.1 Å². The molecule has 0 unspecified atom stereocenters. The SMILES string of the molecule is Cl.c1ccc(C2(N3CCCCC3)CCCC2)cc1. The number of hydrogen-bond acceptors (Lipinski definition) is 1. The van der Waals surface area contributed by atoms with Crippen LogP contribution in [0.5, 0.6) is 0 Å². The molecule has 1 aliphatic carbocycles. The van der Waals surface area contributed by atoms with Gasteiger partial charge in [0.1, 0.15) is 0 Å². The molecule has 1 heterocycles. The number of nitrogens with zero attached hydrogens (tertiary/aromatic N) is 1. The van der Waals surface area contributed by atoms with Gasteiger partial charge in [0, 0.05) is 5.54 Å². The van der Waals surface area contributed by atoms with Crippen molar-refractivity contribution in [1.29, 1.82) is 0 Å². The largest absolute Gasteiger partial charge is 0.294 e. The van der Waals surface area contributed by atoms with E-state index in [0.29, 0.717) is 5.54 Å².